The van der Waals surface area contributed by atoms with Gasteiger partial charge >= 0.3 is 5.97 Å². The summed E-state index contributed by atoms with van der Waals surface area (Å²) in [5, 5.41) is 3.27. The normalized spacial score (nSPS) is 34.8. The van der Waals surface area contributed by atoms with Crippen LogP contribution in [0.4, 0.5) is 0 Å². The van der Waals surface area contributed by atoms with Crippen LogP contribution in [0.1, 0.15) is 26.2 Å². The number of hydrogen-bond donors (Lipinski definition) is 1. The number of hydrogen-bond acceptors (Lipinski definition) is 3. The third-order valence-corrected chi connectivity index (χ3v) is 3.29. The number of rotatable bonds is 2. The van der Waals surface area contributed by atoms with E-state index in [2.05, 4.69) is 5.32 Å². The molecule has 82 valence electrons. The van der Waals surface area contributed by atoms with Crippen LogP contribution >= 0.6 is 12.4 Å². The van der Waals surface area contributed by atoms with E-state index in [9.17, 15) is 4.79 Å². The topological polar surface area (TPSA) is 38.3 Å². The van der Waals surface area contributed by atoms with Gasteiger partial charge in [0.15, 0.2) is 0 Å². The molecule has 0 spiro atoms. The summed E-state index contributed by atoms with van der Waals surface area (Å²) < 4.78 is 5.03. The van der Waals surface area contributed by atoms with Gasteiger partial charge in [0.2, 0.25) is 0 Å². The zero-order valence-electron chi connectivity index (χ0n) is 8.49. The highest BCUT2D eigenvalue weighted by molar-refractivity contribution is 5.85. The molecule has 0 amide bonds. The fourth-order valence-corrected chi connectivity index (χ4v) is 2.68. The fraction of sp³-hybridized carbons (Fsp3) is 0.900. The number of carbonyl (C=O) groups excluding carboxylic acids is 1. The van der Waals surface area contributed by atoms with Gasteiger partial charge in [-0.05, 0) is 38.1 Å². The SMILES string of the molecule is CCOC(=O)[C@H]1NC[C@@H]2CCC[C@H]21.Cl. The molecule has 14 heavy (non-hydrogen) atoms. The van der Waals surface area contributed by atoms with Crippen molar-refractivity contribution in [3.05, 3.63) is 0 Å². The van der Waals surface area contributed by atoms with E-state index in [1.807, 2.05) is 6.92 Å². The van der Waals surface area contributed by atoms with Gasteiger partial charge in [0.1, 0.15) is 6.04 Å². The summed E-state index contributed by atoms with van der Waals surface area (Å²) in [5.41, 5.74) is 0. The second kappa shape index (κ2) is 4.99. The smallest absolute Gasteiger partial charge is 0.323 e. The average molecular weight is 220 g/mol. The fourth-order valence-electron chi connectivity index (χ4n) is 2.68. The summed E-state index contributed by atoms with van der Waals surface area (Å²) in [7, 11) is 0. The Kier molecular flexibility index (Phi) is 4.20. The minimum Gasteiger partial charge on any atom is -0.465 e. The summed E-state index contributed by atoms with van der Waals surface area (Å²) in [6.45, 7) is 3.36. The maximum absolute atomic E-state index is 11.5. The van der Waals surface area contributed by atoms with Crippen LogP contribution in [0.3, 0.4) is 0 Å². The van der Waals surface area contributed by atoms with Crippen molar-refractivity contribution in [2.45, 2.75) is 32.2 Å². The molecule has 3 atom stereocenters. The molecule has 0 bridgehead atoms. The van der Waals surface area contributed by atoms with Crippen molar-refractivity contribution in [3.63, 3.8) is 0 Å². The lowest BCUT2D eigenvalue weighted by Crippen LogP contribution is -2.37. The van der Waals surface area contributed by atoms with E-state index in [1.54, 1.807) is 0 Å². The molecule has 3 nitrogen and oxygen atoms in total. The van der Waals surface area contributed by atoms with Crippen molar-refractivity contribution >= 4 is 18.4 Å². The van der Waals surface area contributed by atoms with E-state index in [0.717, 1.165) is 12.5 Å². The van der Waals surface area contributed by atoms with Gasteiger partial charge < -0.3 is 10.1 Å². The third kappa shape index (κ3) is 2.04. The molecule has 2 fully saturated rings. The number of carbonyl (C=O) groups is 1. The van der Waals surface area contributed by atoms with E-state index in [0.29, 0.717) is 12.5 Å². The molecular formula is C10H18ClNO2. The highest BCUT2D eigenvalue weighted by atomic mass is 35.5. The van der Waals surface area contributed by atoms with Crippen molar-refractivity contribution in [3.8, 4) is 0 Å². The molecule has 1 heterocycles. The monoisotopic (exact) mass is 219 g/mol. The lowest BCUT2D eigenvalue weighted by atomic mass is 9.94. The van der Waals surface area contributed by atoms with Crippen LogP contribution in [0.25, 0.3) is 0 Å². The molecule has 0 aromatic carbocycles. The second-order valence-corrected chi connectivity index (χ2v) is 3.99. The number of halogens is 1. The Bertz CT molecular complexity index is 210. The Morgan fingerprint density at radius 3 is 3.00 bits per heavy atom. The first-order valence-electron chi connectivity index (χ1n) is 5.23. The number of ether oxygens (including phenoxy) is 1. The lowest BCUT2D eigenvalue weighted by Gasteiger charge is -2.15. The van der Waals surface area contributed by atoms with Gasteiger partial charge in [0.25, 0.3) is 0 Å². The first-order valence-corrected chi connectivity index (χ1v) is 5.23. The first kappa shape index (κ1) is 11.8. The predicted molar refractivity (Wildman–Crippen MR) is 56.5 cm³/mol. The number of fused-ring (bicyclic) bond motifs is 1. The minimum atomic E-state index is -0.0445. The highest BCUT2D eigenvalue weighted by Crippen LogP contribution is 2.37. The van der Waals surface area contributed by atoms with Crippen LogP contribution < -0.4 is 5.32 Å². The third-order valence-electron chi connectivity index (χ3n) is 3.29. The molecule has 1 aliphatic carbocycles. The number of nitrogens with one attached hydrogen (secondary N) is 1. The Morgan fingerprint density at radius 2 is 2.29 bits per heavy atom. The van der Waals surface area contributed by atoms with E-state index in [1.165, 1.54) is 19.3 Å². The molecular weight excluding hydrogens is 202 g/mol. The van der Waals surface area contributed by atoms with Gasteiger partial charge in [0.05, 0.1) is 6.61 Å². The van der Waals surface area contributed by atoms with Gasteiger partial charge in [-0.2, -0.15) is 0 Å². The molecule has 4 heteroatoms. The van der Waals surface area contributed by atoms with Crippen LogP contribution in [0.15, 0.2) is 0 Å². The minimum absolute atomic E-state index is 0. The second-order valence-electron chi connectivity index (χ2n) is 3.99. The molecule has 1 aliphatic heterocycles. The van der Waals surface area contributed by atoms with Crippen molar-refractivity contribution in [1.29, 1.82) is 0 Å². The summed E-state index contributed by atoms with van der Waals surface area (Å²) in [6.07, 6.45) is 3.77. The molecule has 0 aromatic rings. The highest BCUT2D eigenvalue weighted by Gasteiger charge is 2.42. The molecule has 0 unspecified atom stereocenters. The van der Waals surface area contributed by atoms with Crippen LogP contribution in [0.2, 0.25) is 0 Å². The molecule has 1 saturated carbocycles. The van der Waals surface area contributed by atoms with Crippen molar-refractivity contribution < 1.29 is 9.53 Å². The van der Waals surface area contributed by atoms with Crippen molar-refractivity contribution in [2.24, 2.45) is 11.8 Å². The largest absolute Gasteiger partial charge is 0.465 e. The van der Waals surface area contributed by atoms with Gasteiger partial charge in [0, 0.05) is 0 Å². The van der Waals surface area contributed by atoms with Gasteiger partial charge in [-0.15, -0.1) is 12.4 Å². The molecule has 1 N–H and O–H groups in total. The van der Waals surface area contributed by atoms with E-state index in [-0.39, 0.29) is 24.4 Å². The van der Waals surface area contributed by atoms with Gasteiger partial charge in [-0.25, -0.2) is 0 Å². The zero-order valence-corrected chi connectivity index (χ0v) is 9.31. The Morgan fingerprint density at radius 1 is 1.50 bits per heavy atom. The van der Waals surface area contributed by atoms with Crippen LogP contribution in [-0.2, 0) is 9.53 Å². The Balaban J connectivity index is 0.000000980. The lowest BCUT2D eigenvalue weighted by molar-refractivity contribution is -0.146. The summed E-state index contributed by atoms with van der Waals surface area (Å²) in [4.78, 5) is 11.5. The first-order chi connectivity index (χ1) is 6.33. The summed E-state index contributed by atoms with van der Waals surface area (Å²) in [5.74, 6) is 1.24. The summed E-state index contributed by atoms with van der Waals surface area (Å²) >= 11 is 0. The van der Waals surface area contributed by atoms with Crippen molar-refractivity contribution in [2.75, 3.05) is 13.2 Å². The van der Waals surface area contributed by atoms with Crippen molar-refractivity contribution in [1.82, 2.24) is 5.32 Å². The molecule has 2 aliphatic rings. The van der Waals surface area contributed by atoms with E-state index in [4.69, 9.17) is 4.74 Å². The average Bonchev–Trinajstić information content (AvgIpc) is 2.62. The van der Waals surface area contributed by atoms with Crippen LogP contribution in [0.5, 0.6) is 0 Å². The molecule has 2 rings (SSSR count). The quantitative estimate of drug-likeness (QED) is 0.713. The molecule has 1 saturated heterocycles. The van der Waals surface area contributed by atoms with Gasteiger partial charge in [-0.1, -0.05) is 6.42 Å². The molecule has 0 aromatic heterocycles. The van der Waals surface area contributed by atoms with Crippen LogP contribution in [0, 0.1) is 11.8 Å². The zero-order chi connectivity index (χ0) is 9.26. The summed E-state index contributed by atoms with van der Waals surface area (Å²) in [6, 6.07) is -0.00699. The molecule has 0 radical (unpaired) electrons. The van der Waals surface area contributed by atoms with Crippen LogP contribution in [-0.4, -0.2) is 25.2 Å². The van der Waals surface area contributed by atoms with E-state index < -0.39 is 0 Å². The number of esters is 1. The standard InChI is InChI=1S/C10H17NO2.ClH/c1-2-13-10(12)9-8-5-3-4-7(8)6-11-9;/h7-9,11H,2-6H2,1H3;1H/t7-,8+,9-;/m0./s1. The maximum atomic E-state index is 11.5. The maximum Gasteiger partial charge on any atom is 0.323 e. The Hall–Kier alpha value is -0.280. The Labute approximate surface area is 91.0 Å². The van der Waals surface area contributed by atoms with E-state index >= 15 is 0 Å². The predicted octanol–water partition coefficient (Wildman–Crippen LogP) is 1.36. The van der Waals surface area contributed by atoms with Gasteiger partial charge in [-0.3, -0.25) is 4.79 Å².